The molecule has 104 valence electrons. The van der Waals surface area contributed by atoms with Crippen LogP contribution in [0.5, 0.6) is 5.75 Å². The Balaban J connectivity index is 1.99. The van der Waals surface area contributed by atoms with Gasteiger partial charge in [0.15, 0.2) is 6.10 Å². The van der Waals surface area contributed by atoms with E-state index >= 15 is 0 Å². The standard InChI is InChI=1S/C13H15BrFNO3/c1-9(13(17)16-2-4-18-5-3-16)19-12-7-10(14)6-11(15)8-12/h6-9H,2-5H2,1H3. The first-order chi connectivity index (χ1) is 9.06. The summed E-state index contributed by atoms with van der Waals surface area (Å²) < 4.78 is 24.5. The van der Waals surface area contributed by atoms with Crippen LogP contribution in [-0.4, -0.2) is 43.2 Å². The average Bonchev–Trinajstić information content (AvgIpc) is 2.37. The highest BCUT2D eigenvalue weighted by molar-refractivity contribution is 9.10. The molecule has 1 aromatic carbocycles. The molecule has 1 fully saturated rings. The van der Waals surface area contributed by atoms with E-state index in [-0.39, 0.29) is 5.91 Å². The summed E-state index contributed by atoms with van der Waals surface area (Å²) in [5, 5.41) is 0. The molecule has 1 heterocycles. The fourth-order valence-electron chi connectivity index (χ4n) is 1.89. The van der Waals surface area contributed by atoms with Crippen LogP contribution in [0.3, 0.4) is 0 Å². The normalized spacial score (nSPS) is 17.1. The third kappa shape index (κ3) is 3.91. The highest BCUT2D eigenvalue weighted by Gasteiger charge is 2.23. The minimum atomic E-state index is -0.646. The molecule has 0 N–H and O–H groups in total. The van der Waals surface area contributed by atoms with Crippen molar-refractivity contribution in [2.45, 2.75) is 13.0 Å². The summed E-state index contributed by atoms with van der Waals surface area (Å²) in [7, 11) is 0. The van der Waals surface area contributed by atoms with E-state index in [0.29, 0.717) is 36.5 Å². The van der Waals surface area contributed by atoms with Crippen molar-refractivity contribution in [1.29, 1.82) is 0 Å². The lowest BCUT2D eigenvalue weighted by Gasteiger charge is -2.29. The molecule has 1 amide bonds. The summed E-state index contributed by atoms with van der Waals surface area (Å²) in [6, 6.07) is 4.22. The van der Waals surface area contributed by atoms with E-state index in [2.05, 4.69) is 15.9 Å². The van der Waals surface area contributed by atoms with E-state index in [4.69, 9.17) is 9.47 Å². The Morgan fingerprint density at radius 2 is 2.11 bits per heavy atom. The molecule has 2 rings (SSSR count). The van der Waals surface area contributed by atoms with E-state index in [0.717, 1.165) is 0 Å². The topological polar surface area (TPSA) is 38.8 Å². The fraction of sp³-hybridized carbons (Fsp3) is 0.462. The van der Waals surface area contributed by atoms with Crippen molar-refractivity contribution >= 4 is 21.8 Å². The van der Waals surface area contributed by atoms with Crippen LogP contribution in [0, 0.1) is 5.82 Å². The third-order valence-electron chi connectivity index (χ3n) is 2.82. The molecule has 1 aliphatic heterocycles. The van der Waals surface area contributed by atoms with Crippen LogP contribution in [0.4, 0.5) is 4.39 Å². The second kappa shape index (κ2) is 6.34. The van der Waals surface area contributed by atoms with E-state index in [1.807, 2.05) is 0 Å². The summed E-state index contributed by atoms with van der Waals surface area (Å²) in [5.74, 6) is -0.180. The van der Waals surface area contributed by atoms with Crippen LogP contribution in [0.25, 0.3) is 0 Å². The van der Waals surface area contributed by atoms with Crippen LogP contribution in [0.15, 0.2) is 22.7 Å². The zero-order valence-electron chi connectivity index (χ0n) is 10.6. The highest BCUT2D eigenvalue weighted by atomic mass is 79.9. The molecule has 6 heteroatoms. The van der Waals surface area contributed by atoms with E-state index in [1.165, 1.54) is 12.1 Å². The highest BCUT2D eigenvalue weighted by Crippen LogP contribution is 2.22. The molecule has 0 aliphatic carbocycles. The van der Waals surface area contributed by atoms with Gasteiger partial charge in [0, 0.05) is 23.6 Å². The second-order valence-electron chi connectivity index (χ2n) is 4.30. The Bertz CT molecular complexity index is 443. The largest absolute Gasteiger partial charge is 0.481 e. The van der Waals surface area contributed by atoms with Crippen LogP contribution in [0.1, 0.15) is 6.92 Å². The lowest BCUT2D eigenvalue weighted by Crippen LogP contribution is -2.46. The predicted octanol–water partition coefficient (Wildman–Crippen LogP) is 2.21. The first-order valence-corrected chi connectivity index (χ1v) is 6.85. The number of morpholine rings is 1. The number of halogens is 2. The molecule has 0 bridgehead atoms. The third-order valence-corrected chi connectivity index (χ3v) is 3.28. The molecular weight excluding hydrogens is 317 g/mol. The van der Waals surface area contributed by atoms with Gasteiger partial charge in [-0.1, -0.05) is 15.9 Å². The van der Waals surface area contributed by atoms with Gasteiger partial charge in [-0.3, -0.25) is 4.79 Å². The predicted molar refractivity (Wildman–Crippen MR) is 71.6 cm³/mol. The van der Waals surface area contributed by atoms with Crippen molar-refractivity contribution in [2.24, 2.45) is 0 Å². The molecule has 1 atom stereocenters. The van der Waals surface area contributed by atoms with E-state index in [9.17, 15) is 9.18 Å². The molecule has 19 heavy (non-hydrogen) atoms. The zero-order valence-corrected chi connectivity index (χ0v) is 12.2. The van der Waals surface area contributed by atoms with Gasteiger partial charge in [0.05, 0.1) is 13.2 Å². The summed E-state index contributed by atoms with van der Waals surface area (Å²) in [6.07, 6.45) is -0.646. The Labute approximate surface area is 119 Å². The lowest BCUT2D eigenvalue weighted by atomic mass is 10.3. The number of nitrogens with zero attached hydrogens (tertiary/aromatic N) is 1. The van der Waals surface area contributed by atoms with Crippen LogP contribution >= 0.6 is 15.9 Å². The number of hydrogen-bond donors (Lipinski definition) is 0. The minimum Gasteiger partial charge on any atom is -0.481 e. The van der Waals surface area contributed by atoms with Gasteiger partial charge in [0.25, 0.3) is 5.91 Å². The lowest BCUT2D eigenvalue weighted by molar-refractivity contribution is -0.142. The van der Waals surface area contributed by atoms with Gasteiger partial charge in [-0.25, -0.2) is 4.39 Å². The van der Waals surface area contributed by atoms with Crippen LogP contribution in [-0.2, 0) is 9.53 Å². The molecule has 0 aromatic heterocycles. The van der Waals surface area contributed by atoms with Crippen LogP contribution in [0.2, 0.25) is 0 Å². The summed E-state index contributed by atoms with van der Waals surface area (Å²) in [5.41, 5.74) is 0. The first-order valence-electron chi connectivity index (χ1n) is 6.05. The molecule has 4 nitrogen and oxygen atoms in total. The SMILES string of the molecule is CC(Oc1cc(F)cc(Br)c1)C(=O)N1CCOCC1. The molecule has 1 saturated heterocycles. The number of hydrogen-bond acceptors (Lipinski definition) is 3. The van der Waals surface area contributed by atoms with Gasteiger partial charge in [-0.15, -0.1) is 0 Å². The molecule has 0 saturated carbocycles. The number of rotatable bonds is 3. The minimum absolute atomic E-state index is 0.108. The Hall–Kier alpha value is -1.14. The summed E-state index contributed by atoms with van der Waals surface area (Å²) >= 11 is 3.18. The van der Waals surface area contributed by atoms with Gasteiger partial charge in [0.1, 0.15) is 11.6 Å². The zero-order chi connectivity index (χ0) is 13.8. The van der Waals surface area contributed by atoms with Crippen molar-refractivity contribution in [2.75, 3.05) is 26.3 Å². The Morgan fingerprint density at radius 1 is 1.42 bits per heavy atom. The molecule has 0 radical (unpaired) electrons. The van der Waals surface area contributed by atoms with Gasteiger partial charge >= 0.3 is 0 Å². The Kier molecular flexibility index (Phi) is 4.76. The van der Waals surface area contributed by atoms with Crippen molar-refractivity contribution in [1.82, 2.24) is 4.90 Å². The molecular formula is C13H15BrFNO3. The van der Waals surface area contributed by atoms with Gasteiger partial charge in [-0.05, 0) is 19.1 Å². The molecule has 1 unspecified atom stereocenters. The number of benzene rings is 1. The maximum absolute atomic E-state index is 13.2. The van der Waals surface area contributed by atoms with E-state index < -0.39 is 11.9 Å². The number of ether oxygens (including phenoxy) is 2. The monoisotopic (exact) mass is 331 g/mol. The number of amides is 1. The maximum Gasteiger partial charge on any atom is 0.263 e. The molecule has 0 spiro atoms. The maximum atomic E-state index is 13.2. The van der Waals surface area contributed by atoms with Crippen molar-refractivity contribution in [3.8, 4) is 5.75 Å². The van der Waals surface area contributed by atoms with Crippen LogP contribution < -0.4 is 4.74 Å². The second-order valence-corrected chi connectivity index (χ2v) is 5.22. The molecule has 1 aromatic rings. The van der Waals surface area contributed by atoms with Gasteiger partial charge < -0.3 is 14.4 Å². The average molecular weight is 332 g/mol. The summed E-state index contributed by atoms with van der Waals surface area (Å²) in [6.45, 7) is 3.89. The quantitative estimate of drug-likeness (QED) is 0.852. The van der Waals surface area contributed by atoms with Crippen molar-refractivity contribution < 1.29 is 18.7 Å². The van der Waals surface area contributed by atoms with Crippen molar-refractivity contribution in [3.05, 3.63) is 28.5 Å². The fourth-order valence-corrected chi connectivity index (χ4v) is 2.34. The number of carbonyl (C=O) groups is 1. The van der Waals surface area contributed by atoms with Gasteiger partial charge in [-0.2, -0.15) is 0 Å². The van der Waals surface area contributed by atoms with E-state index in [1.54, 1.807) is 17.9 Å². The van der Waals surface area contributed by atoms with Gasteiger partial charge in [0.2, 0.25) is 0 Å². The smallest absolute Gasteiger partial charge is 0.263 e. The first kappa shape index (κ1) is 14.3. The summed E-state index contributed by atoms with van der Waals surface area (Å²) in [4.78, 5) is 13.8. The number of carbonyl (C=O) groups excluding carboxylic acids is 1. The molecule has 1 aliphatic rings. The van der Waals surface area contributed by atoms with Crippen molar-refractivity contribution in [3.63, 3.8) is 0 Å². The Morgan fingerprint density at radius 3 is 2.74 bits per heavy atom.